The number of phosphoric acid groups is 1. The van der Waals surface area contributed by atoms with Gasteiger partial charge in [0.1, 0.15) is 12.2 Å². The number of carbonyl (C=O) groups excluding carboxylic acids is 2. The van der Waals surface area contributed by atoms with E-state index in [4.69, 9.17) is 18.5 Å². The summed E-state index contributed by atoms with van der Waals surface area (Å²) in [5.74, 6) is -1.02. The first-order valence-corrected chi connectivity index (χ1v) is 28.1. The van der Waals surface area contributed by atoms with E-state index in [-0.39, 0.29) is 12.8 Å². The zero-order valence-corrected chi connectivity index (χ0v) is 42.6. The van der Waals surface area contributed by atoms with Crippen molar-refractivity contribution >= 4 is 19.8 Å². The Labute approximate surface area is 398 Å². The molecule has 3 N–H and O–H groups in total. The van der Waals surface area contributed by atoms with E-state index >= 15 is 0 Å². The fourth-order valence-electron chi connectivity index (χ4n) is 7.41. The molecular weight excluding hydrogens is 840 g/mol. The van der Waals surface area contributed by atoms with Crippen LogP contribution in [0.4, 0.5) is 0 Å². The fraction of sp³-hybridized carbons (Fsp3) is 0.815. The summed E-state index contributed by atoms with van der Waals surface area (Å²) in [6, 6.07) is 0. The Morgan fingerprint density at radius 1 is 0.415 bits per heavy atom. The molecule has 0 aliphatic carbocycles. The molecule has 0 aromatic carbocycles. The second kappa shape index (κ2) is 49.8. The van der Waals surface area contributed by atoms with Gasteiger partial charge >= 0.3 is 19.8 Å². The lowest BCUT2D eigenvalue weighted by Crippen LogP contribution is -2.28. The van der Waals surface area contributed by atoms with Crippen LogP contribution < -0.4 is 0 Å². The van der Waals surface area contributed by atoms with E-state index in [9.17, 15) is 29.3 Å². The van der Waals surface area contributed by atoms with Gasteiger partial charge in [-0.05, 0) is 77.0 Å². The Balaban J connectivity index is 3.84. The average molecular weight is 939 g/mol. The summed E-state index contributed by atoms with van der Waals surface area (Å²) in [4.78, 5) is 34.7. The maximum Gasteiger partial charge on any atom is 0.472 e. The van der Waals surface area contributed by atoms with Gasteiger partial charge in [-0.2, -0.15) is 0 Å². The number of aliphatic hydroxyl groups is 2. The quantitative estimate of drug-likeness (QED) is 0.0233. The van der Waals surface area contributed by atoms with Crippen LogP contribution in [0.1, 0.15) is 245 Å². The van der Waals surface area contributed by atoms with Crippen molar-refractivity contribution in [2.24, 2.45) is 0 Å². The molecule has 2 atom stereocenters. The minimum Gasteiger partial charge on any atom is -0.457 e. The monoisotopic (exact) mass is 939 g/mol. The molecule has 0 spiro atoms. The lowest BCUT2D eigenvalue weighted by molar-refractivity contribution is -0.153. The molecule has 0 radical (unpaired) electrons. The fourth-order valence-corrected chi connectivity index (χ4v) is 8.20. The molecule has 10 nitrogen and oxygen atoms in total. The molecule has 11 heteroatoms. The maximum absolute atomic E-state index is 12.4. The Kier molecular flexibility index (Phi) is 48.2. The van der Waals surface area contributed by atoms with Crippen LogP contribution in [0.2, 0.25) is 0 Å². The number of carbonyl (C=O) groups is 2. The van der Waals surface area contributed by atoms with E-state index in [1.54, 1.807) is 0 Å². The first-order chi connectivity index (χ1) is 31.8. The van der Waals surface area contributed by atoms with Crippen molar-refractivity contribution in [3.63, 3.8) is 0 Å². The summed E-state index contributed by atoms with van der Waals surface area (Å²) < 4.78 is 32.8. The van der Waals surface area contributed by atoms with Crippen LogP contribution in [-0.2, 0) is 32.7 Å². The molecule has 380 valence electrons. The average Bonchev–Trinajstić information content (AvgIpc) is 3.30. The van der Waals surface area contributed by atoms with Crippen molar-refractivity contribution in [3.8, 4) is 0 Å². The largest absolute Gasteiger partial charge is 0.472 e. The normalized spacial score (nSPS) is 14.0. The molecule has 0 aromatic rings. The van der Waals surface area contributed by atoms with Gasteiger partial charge in [0, 0.05) is 12.8 Å². The smallest absolute Gasteiger partial charge is 0.457 e. The highest BCUT2D eigenvalue weighted by Crippen LogP contribution is 2.43. The number of aliphatic hydroxyl groups excluding tert-OH is 2. The zero-order chi connectivity index (χ0) is 47.6. The Bertz CT molecular complexity index is 1130. The first-order valence-electron chi connectivity index (χ1n) is 26.6. The van der Waals surface area contributed by atoms with Gasteiger partial charge in [-0.1, -0.05) is 204 Å². The third kappa shape index (κ3) is 48.2. The predicted molar refractivity (Wildman–Crippen MR) is 270 cm³/mol. The summed E-state index contributed by atoms with van der Waals surface area (Å²) >= 11 is 0. The number of hydrogen-bond acceptors (Lipinski definition) is 9. The van der Waals surface area contributed by atoms with Crippen LogP contribution in [0.25, 0.3) is 0 Å². The second-order valence-corrected chi connectivity index (χ2v) is 19.3. The van der Waals surface area contributed by atoms with E-state index in [1.807, 2.05) is 0 Å². The highest BCUT2D eigenvalue weighted by molar-refractivity contribution is 7.47. The van der Waals surface area contributed by atoms with Crippen molar-refractivity contribution < 1.29 is 47.8 Å². The number of hydrogen-bond donors (Lipinski definition) is 3. The second-order valence-electron chi connectivity index (χ2n) is 17.9. The van der Waals surface area contributed by atoms with Gasteiger partial charge in [0.2, 0.25) is 0 Å². The number of phosphoric ester groups is 1. The zero-order valence-electron chi connectivity index (χ0n) is 41.7. The molecule has 0 aliphatic rings. The predicted octanol–water partition coefficient (Wildman–Crippen LogP) is 15.2. The van der Waals surface area contributed by atoms with E-state index in [0.29, 0.717) is 12.8 Å². The molecule has 0 saturated heterocycles. The molecule has 0 aromatic heterocycles. The molecule has 0 rings (SSSR count). The summed E-state index contributed by atoms with van der Waals surface area (Å²) in [6.07, 6.45) is 56.5. The van der Waals surface area contributed by atoms with Crippen LogP contribution in [0.3, 0.4) is 0 Å². The molecule has 0 heterocycles. The molecule has 0 fully saturated rings. The number of rotatable bonds is 50. The highest BCUT2D eigenvalue weighted by atomic mass is 31.2. The topological polar surface area (TPSA) is 149 Å². The van der Waals surface area contributed by atoms with Gasteiger partial charge < -0.3 is 24.6 Å². The van der Waals surface area contributed by atoms with Gasteiger partial charge in [0.15, 0.2) is 0 Å². The number of ether oxygens (including phenoxy) is 2. The highest BCUT2D eigenvalue weighted by Gasteiger charge is 2.27. The summed E-state index contributed by atoms with van der Waals surface area (Å²) in [6.45, 7) is 2.21. The SMILES string of the molecule is CCCCCCC/C=C\C/C=C\CCCCCCCCCCCC(=O)OC(CO)COP(=O)(O)OCC(CO)OC(=O)CCCCCCCCCCC/C=C\C/C=C\CCCCCCC. The molecule has 0 aliphatic heterocycles. The van der Waals surface area contributed by atoms with Gasteiger partial charge in [0.25, 0.3) is 0 Å². The van der Waals surface area contributed by atoms with Crippen molar-refractivity contribution in [1.29, 1.82) is 0 Å². The third-order valence-corrected chi connectivity index (χ3v) is 12.5. The van der Waals surface area contributed by atoms with Crippen LogP contribution in [-0.4, -0.2) is 65.7 Å². The van der Waals surface area contributed by atoms with Crippen molar-refractivity contribution in [1.82, 2.24) is 0 Å². The molecule has 2 unspecified atom stereocenters. The Hall–Kier alpha value is -2.07. The van der Waals surface area contributed by atoms with Gasteiger partial charge in [0.05, 0.1) is 26.4 Å². The Morgan fingerprint density at radius 3 is 0.954 bits per heavy atom. The summed E-state index contributed by atoms with van der Waals surface area (Å²) in [5.41, 5.74) is 0. The van der Waals surface area contributed by atoms with Gasteiger partial charge in [-0.25, -0.2) is 4.57 Å². The number of esters is 2. The van der Waals surface area contributed by atoms with E-state index in [2.05, 4.69) is 62.5 Å². The number of allylic oxidation sites excluding steroid dienone is 8. The third-order valence-electron chi connectivity index (χ3n) is 11.5. The lowest BCUT2D eigenvalue weighted by atomic mass is 10.1. The number of unbranched alkanes of at least 4 members (excludes halogenated alkanes) is 28. The maximum atomic E-state index is 12.4. The molecular formula is C54H99O10P. The molecule has 0 amide bonds. The van der Waals surface area contributed by atoms with Crippen molar-refractivity contribution in [2.45, 2.75) is 257 Å². The van der Waals surface area contributed by atoms with Crippen molar-refractivity contribution in [2.75, 3.05) is 26.4 Å². The van der Waals surface area contributed by atoms with E-state index < -0.39 is 58.4 Å². The van der Waals surface area contributed by atoms with Crippen LogP contribution >= 0.6 is 7.82 Å². The minimum absolute atomic E-state index is 0.187. The Morgan fingerprint density at radius 2 is 0.677 bits per heavy atom. The van der Waals surface area contributed by atoms with Gasteiger partial charge in [-0.15, -0.1) is 0 Å². The minimum atomic E-state index is -4.65. The summed E-state index contributed by atoms with van der Waals surface area (Å²) in [5, 5.41) is 19.3. The van der Waals surface area contributed by atoms with E-state index in [1.165, 1.54) is 141 Å². The van der Waals surface area contributed by atoms with Crippen LogP contribution in [0, 0.1) is 0 Å². The van der Waals surface area contributed by atoms with Crippen LogP contribution in [0.15, 0.2) is 48.6 Å². The first kappa shape index (κ1) is 62.9. The molecule has 0 bridgehead atoms. The van der Waals surface area contributed by atoms with E-state index in [0.717, 1.165) is 64.2 Å². The van der Waals surface area contributed by atoms with Crippen molar-refractivity contribution in [3.05, 3.63) is 48.6 Å². The molecule has 0 saturated carbocycles. The standard InChI is InChI=1S/C54H99O10P/c1-3-5-7-9-11-13-15-17-19-21-23-25-27-29-31-33-35-37-39-41-43-45-53(57)63-51(47-55)49-61-65(59,60)62-50-52(48-56)64-54(58)46-44-42-40-38-36-34-32-30-28-26-24-22-20-18-16-14-12-10-8-6-4-2/h15-18,21-24,51-52,55-56H,3-14,19-20,25-50H2,1-2H3,(H,59,60)/b17-15-,18-16-,23-21-,24-22-. The molecule has 65 heavy (non-hydrogen) atoms. The lowest BCUT2D eigenvalue weighted by Gasteiger charge is -2.20. The van der Waals surface area contributed by atoms with Gasteiger partial charge in [-0.3, -0.25) is 18.6 Å². The van der Waals surface area contributed by atoms with Crippen LogP contribution in [0.5, 0.6) is 0 Å². The summed E-state index contributed by atoms with van der Waals surface area (Å²) in [7, 11) is -4.65.